The van der Waals surface area contributed by atoms with Crippen LogP contribution in [0.1, 0.15) is 11.3 Å². The van der Waals surface area contributed by atoms with E-state index in [1.165, 1.54) is 12.1 Å². The zero-order valence-corrected chi connectivity index (χ0v) is 12.7. The van der Waals surface area contributed by atoms with Crippen LogP contribution in [0.25, 0.3) is 5.69 Å². The Hall–Kier alpha value is -2.95. The molecule has 4 nitrogen and oxygen atoms in total. The van der Waals surface area contributed by atoms with E-state index in [4.69, 9.17) is 0 Å². The minimum absolute atomic E-state index is 0.140. The number of nitrogens with one attached hydrogen (secondary N) is 1. The molecule has 0 aliphatic carbocycles. The van der Waals surface area contributed by atoms with Crippen LogP contribution in [0.4, 0.5) is 10.1 Å². The van der Waals surface area contributed by atoms with Gasteiger partial charge in [-0.15, -0.1) is 0 Å². The van der Waals surface area contributed by atoms with Gasteiger partial charge in [0.05, 0.1) is 17.8 Å². The Kier molecular flexibility index (Phi) is 4.19. The molecule has 1 N–H and O–H groups in total. The molecule has 0 unspecified atom stereocenters. The minimum atomic E-state index is -0.307. The second kappa shape index (κ2) is 6.44. The van der Waals surface area contributed by atoms with Crippen molar-refractivity contribution in [3.63, 3.8) is 0 Å². The number of hydrogen-bond donors (Lipinski definition) is 1. The molecule has 0 radical (unpaired) electrons. The fourth-order valence-corrected chi connectivity index (χ4v) is 2.25. The first-order valence-corrected chi connectivity index (χ1v) is 7.27. The molecule has 0 bridgehead atoms. The Morgan fingerprint density at radius 3 is 2.39 bits per heavy atom. The van der Waals surface area contributed by atoms with E-state index < -0.39 is 0 Å². The van der Waals surface area contributed by atoms with Crippen molar-refractivity contribution in [3.8, 4) is 5.69 Å². The molecule has 116 valence electrons. The monoisotopic (exact) mass is 309 g/mol. The van der Waals surface area contributed by atoms with E-state index in [1.54, 1.807) is 16.8 Å². The van der Waals surface area contributed by atoms with Crippen LogP contribution in [0.3, 0.4) is 0 Å². The summed E-state index contributed by atoms with van der Waals surface area (Å²) in [5.41, 5.74) is 3.36. The van der Waals surface area contributed by atoms with Crippen LogP contribution in [0, 0.1) is 12.7 Å². The summed E-state index contributed by atoms with van der Waals surface area (Å²) in [5, 5.41) is 7.16. The highest BCUT2D eigenvalue weighted by Gasteiger charge is 2.05. The number of anilines is 1. The summed E-state index contributed by atoms with van der Waals surface area (Å²) in [4.78, 5) is 12.0. The van der Waals surface area contributed by atoms with Crippen molar-refractivity contribution >= 4 is 11.6 Å². The number of rotatable bonds is 4. The molecule has 1 heterocycles. The lowest BCUT2D eigenvalue weighted by molar-refractivity contribution is -0.115. The lowest BCUT2D eigenvalue weighted by Crippen LogP contribution is -2.14. The van der Waals surface area contributed by atoms with E-state index in [-0.39, 0.29) is 18.1 Å². The van der Waals surface area contributed by atoms with Gasteiger partial charge in [0, 0.05) is 11.9 Å². The van der Waals surface area contributed by atoms with Gasteiger partial charge in [0.15, 0.2) is 0 Å². The van der Waals surface area contributed by atoms with Crippen LogP contribution in [0.2, 0.25) is 0 Å². The first-order chi connectivity index (χ1) is 11.1. The van der Waals surface area contributed by atoms with Crippen LogP contribution in [0.15, 0.2) is 60.8 Å². The Labute approximate surface area is 133 Å². The number of amides is 1. The van der Waals surface area contributed by atoms with E-state index in [2.05, 4.69) is 10.4 Å². The van der Waals surface area contributed by atoms with Gasteiger partial charge >= 0.3 is 0 Å². The van der Waals surface area contributed by atoms with Crippen molar-refractivity contribution in [1.29, 1.82) is 0 Å². The standard InChI is InChI=1S/C18H16FN3O/c1-13-10-11-22(21-13)17-8-6-16(7-9-17)20-18(23)12-14-2-4-15(19)5-3-14/h2-11H,12H2,1H3,(H,20,23). The van der Waals surface area contributed by atoms with Gasteiger partial charge in [-0.2, -0.15) is 5.10 Å². The van der Waals surface area contributed by atoms with E-state index in [0.717, 1.165) is 16.9 Å². The number of carbonyl (C=O) groups excluding carboxylic acids is 1. The zero-order valence-electron chi connectivity index (χ0n) is 12.7. The zero-order chi connectivity index (χ0) is 16.2. The highest BCUT2D eigenvalue weighted by atomic mass is 19.1. The van der Waals surface area contributed by atoms with E-state index >= 15 is 0 Å². The van der Waals surface area contributed by atoms with Crippen molar-refractivity contribution in [2.75, 3.05) is 5.32 Å². The molecule has 0 saturated carbocycles. The predicted octanol–water partition coefficient (Wildman–Crippen LogP) is 3.50. The topological polar surface area (TPSA) is 46.9 Å². The maximum Gasteiger partial charge on any atom is 0.228 e. The molecule has 0 saturated heterocycles. The molecule has 5 heteroatoms. The second-order valence-corrected chi connectivity index (χ2v) is 5.30. The SMILES string of the molecule is Cc1ccn(-c2ccc(NC(=O)Cc3ccc(F)cc3)cc2)n1. The molecule has 1 aromatic heterocycles. The van der Waals surface area contributed by atoms with E-state index in [1.807, 2.05) is 43.5 Å². The third kappa shape index (κ3) is 3.83. The third-order valence-corrected chi connectivity index (χ3v) is 3.42. The maximum atomic E-state index is 12.8. The molecule has 0 aliphatic rings. The van der Waals surface area contributed by atoms with Crippen molar-refractivity contribution in [1.82, 2.24) is 9.78 Å². The van der Waals surface area contributed by atoms with Gasteiger partial charge in [-0.1, -0.05) is 12.1 Å². The highest BCUT2D eigenvalue weighted by molar-refractivity contribution is 5.92. The molecule has 1 amide bonds. The normalized spacial score (nSPS) is 10.5. The quantitative estimate of drug-likeness (QED) is 0.802. The number of hydrogen-bond acceptors (Lipinski definition) is 2. The molecule has 23 heavy (non-hydrogen) atoms. The molecule has 0 spiro atoms. The van der Waals surface area contributed by atoms with Crippen molar-refractivity contribution in [2.45, 2.75) is 13.3 Å². The summed E-state index contributed by atoms with van der Waals surface area (Å²) in [6, 6.07) is 15.3. The van der Waals surface area contributed by atoms with Crippen molar-refractivity contribution in [3.05, 3.63) is 77.9 Å². The van der Waals surface area contributed by atoms with Gasteiger partial charge in [-0.05, 0) is 55.0 Å². The molecule has 3 rings (SSSR count). The number of halogens is 1. The van der Waals surface area contributed by atoms with Crippen LogP contribution in [-0.2, 0) is 11.2 Å². The van der Waals surface area contributed by atoms with E-state index in [9.17, 15) is 9.18 Å². The van der Waals surface area contributed by atoms with Crippen molar-refractivity contribution < 1.29 is 9.18 Å². The number of benzene rings is 2. The first-order valence-electron chi connectivity index (χ1n) is 7.27. The Bertz CT molecular complexity index is 807. The molecular weight excluding hydrogens is 293 g/mol. The summed E-state index contributed by atoms with van der Waals surface area (Å²) in [5.74, 6) is -0.446. The van der Waals surface area contributed by atoms with Crippen LogP contribution >= 0.6 is 0 Å². The number of carbonyl (C=O) groups is 1. The Morgan fingerprint density at radius 1 is 1.09 bits per heavy atom. The molecule has 2 aromatic carbocycles. The average molecular weight is 309 g/mol. The van der Waals surface area contributed by atoms with Gasteiger partial charge in [0.25, 0.3) is 0 Å². The van der Waals surface area contributed by atoms with Gasteiger partial charge in [-0.25, -0.2) is 9.07 Å². The fraction of sp³-hybridized carbons (Fsp3) is 0.111. The van der Waals surface area contributed by atoms with Gasteiger partial charge in [-0.3, -0.25) is 4.79 Å². The van der Waals surface area contributed by atoms with Crippen LogP contribution in [0.5, 0.6) is 0 Å². The lowest BCUT2D eigenvalue weighted by atomic mass is 10.1. The van der Waals surface area contributed by atoms with Crippen LogP contribution in [-0.4, -0.2) is 15.7 Å². The molecule has 3 aromatic rings. The summed E-state index contributed by atoms with van der Waals surface area (Å²) in [6.07, 6.45) is 2.10. The third-order valence-electron chi connectivity index (χ3n) is 3.42. The predicted molar refractivity (Wildman–Crippen MR) is 87.0 cm³/mol. The first kappa shape index (κ1) is 15.0. The molecular formula is C18H16FN3O. The summed E-state index contributed by atoms with van der Waals surface area (Å²) in [7, 11) is 0. The van der Waals surface area contributed by atoms with Crippen molar-refractivity contribution in [2.24, 2.45) is 0 Å². The highest BCUT2D eigenvalue weighted by Crippen LogP contribution is 2.14. The Balaban J connectivity index is 1.63. The maximum absolute atomic E-state index is 12.8. The molecule has 0 atom stereocenters. The summed E-state index contributed by atoms with van der Waals surface area (Å²) >= 11 is 0. The largest absolute Gasteiger partial charge is 0.326 e. The minimum Gasteiger partial charge on any atom is -0.326 e. The number of aryl methyl sites for hydroxylation is 1. The average Bonchev–Trinajstić information content (AvgIpc) is 2.97. The molecule has 0 aliphatic heterocycles. The summed E-state index contributed by atoms with van der Waals surface area (Å²) in [6.45, 7) is 1.93. The summed E-state index contributed by atoms with van der Waals surface area (Å²) < 4.78 is 14.6. The van der Waals surface area contributed by atoms with E-state index in [0.29, 0.717) is 5.69 Å². The smallest absolute Gasteiger partial charge is 0.228 e. The molecule has 0 fully saturated rings. The second-order valence-electron chi connectivity index (χ2n) is 5.30. The lowest BCUT2D eigenvalue weighted by Gasteiger charge is -2.07. The van der Waals surface area contributed by atoms with Gasteiger partial charge in [0.1, 0.15) is 5.82 Å². The van der Waals surface area contributed by atoms with Crippen LogP contribution < -0.4 is 5.32 Å². The van der Waals surface area contributed by atoms with Gasteiger partial charge < -0.3 is 5.32 Å². The number of aromatic nitrogens is 2. The number of nitrogens with zero attached hydrogens (tertiary/aromatic N) is 2. The fourth-order valence-electron chi connectivity index (χ4n) is 2.25. The Morgan fingerprint density at radius 2 is 1.78 bits per heavy atom. The van der Waals surface area contributed by atoms with Gasteiger partial charge in [0.2, 0.25) is 5.91 Å².